The second kappa shape index (κ2) is 8.31. The van der Waals surface area contributed by atoms with Gasteiger partial charge in [0.1, 0.15) is 11.5 Å². The van der Waals surface area contributed by atoms with E-state index >= 15 is 0 Å². The number of rotatable bonds is 6. The second-order valence-electron chi connectivity index (χ2n) is 5.69. The molecule has 0 aromatic heterocycles. The minimum Gasteiger partial charge on any atom is -0.497 e. The van der Waals surface area contributed by atoms with E-state index in [2.05, 4.69) is 15.9 Å². The number of esters is 1. The van der Waals surface area contributed by atoms with E-state index < -0.39 is 5.97 Å². The molecule has 0 aliphatic carbocycles. The highest BCUT2D eigenvalue weighted by molar-refractivity contribution is 9.10. The molecule has 0 fully saturated rings. The summed E-state index contributed by atoms with van der Waals surface area (Å²) in [5.41, 5.74) is 2.05. The van der Waals surface area contributed by atoms with Gasteiger partial charge in [0, 0.05) is 5.56 Å². The average molecular weight is 431 g/mol. The minimum atomic E-state index is -0.398. The Bertz CT molecular complexity index is 913. The van der Waals surface area contributed by atoms with Gasteiger partial charge in [-0.05, 0) is 77.0 Å². The fourth-order valence-electron chi connectivity index (χ4n) is 2.67. The van der Waals surface area contributed by atoms with Crippen LogP contribution in [0, 0.1) is 0 Å². The van der Waals surface area contributed by atoms with Gasteiger partial charge in [-0.25, -0.2) is 4.79 Å². The first kappa shape index (κ1) is 19.0. The van der Waals surface area contributed by atoms with E-state index in [1.165, 1.54) is 0 Å². The topological polar surface area (TPSA) is 54.0 Å². The molecule has 3 rings (SSSR count). The van der Waals surface area contributed by atoms with Gasteiger partial charge in [-0.2, -0.15) is 0 Å². The highest BCUT2D eigenvalue weighted by Gasteiger charge is 2.22. The van der Waals surface area contributed by atoms with Crippen molar-refractivity contribution in [2.24, 2.45) is 0 Å². The van der Waals surface area contributed by atoms with E-state index in [-0.39, 0.29) is 0 Å². The SMILES string of the molecule is CCOc1c(Br)cc(C=C2C=C(c3ccc(OC)cc3)OC2=O)cc1OC. The predicted molar refractivity (Wildman–Crippen MR) is 107 cm³/mol. The third-order valence-corrected chi connectivity index (χ3v) is 4.55. The van der Waals surface area contributed by atoms with Crippen molar-refractivity contribution in [3.05, 3.63) is 63.6 Å². The van der Waals surface area contributed by atoms with Crippen LogP contribution in [-0.2, 0) is 9.53 Å². The molecule has 1 aliphatic heterocycles. The number of ether oxygens (including phenoxy) is 4. The van der Waals surface area contributed by atoms with Crippen LogP contribution < -0.4 is 14.2 Å². The third-order valence-electron chi connectivity index (χ3n) is 3.96. The lowest BCUT2D eigenvalue weighted by atomic mass is 10.1. The van der Waals surface area contributed by atoms with Crippen LogP contribution in [0.1, 0.15) is 18.1 Å². The molecule has 0 amide bonds. The molecule has 6 heteroatoms. The predicted octanol–water partition coefficient (Wildman–Crippen LogP) is 4.85. The molecule has 0 saturated carbocycles. The fourth-order valence-corrected chi connectivity index (χ4v) is 3.25. The molecule has 140 valence electrons. The van der Waals surface area contributed by atoms with Crippen molar-refractivity contribution in [3.63, 3.8) is 0 Å². The number of hydrogen-bond donors (Lipinski definition) is 0. The third kappa shape index (κ3) is 4.17. The van der Waals surface area contributed by atoms with E-state index in [1.807, 2.05) is 43.3 Å². The van der Waals surface area contributed by atoms with Crippen molar-refractivity contribution in [2.45, 2.75) is 6.92 Å². The summed E-state index contributed by atoms with van der Waals surface area (Å²) in [6, 6.07) is 11.0. The van der Waals surface area contributed by atoms with Gasteiger partial charge in [0.25, 0.3) is 0 Å². The number of carbonyl (C=O) groups excluding carboxylic acids is 1. The molecular weight excluding hydrogens is 412 g/mol. The highest BCUT2D eigenvalue weighted by atomic mass is 79.9. The summed E-state index contributed by atoms with van der Waals surface area (Å²) in [5, 5.41) is 0. The number of carbonyl (C=O) groups is 1. The maximum absolute atomic E-state index is 12.3. The van der Waals surface area contributed by atoms with Crippen LogP contribution in [0.15, 0.2) is 52.5 Å². The Labute approximate surface area is 166 Å². The Morgan fingerprint density at radius 2 is 1.85 bits per heavy atom. The summed E-state index contributed by atoms with van der Waals surface area (Å²) >= 11 is 3.49. The molecule has 0 radical (unpaired) electrons. The fraction of sp³-hybridized carbons (Fsp3) is 0.190. The standard InChI is InChI=1S/C21H19BrO5/c1-4-26-20-17(22)10-13(11-19(20)25-3)9-15-12-18(27-21(15)23)14-5-7-16(24-2)8-6-14/h5-12H,4H2,1-3H3. The Balaban J connectivity index is 1.93. The van der Waals surface area contributed by atoms with Gasteiger partial charge in [0.05, 0.1) is 30.9 Å². The van der Waals surface area contributed by atoms with Gasteiger partial charge in [-0.1, -0.05) is 0 Å². The maximum atomic E-state index is 12.3. The Hall–Kier alpha value is -2.73. The molecule has 2 aromatic rings. The zero-order chi connectivity index (χ0) is 19.4. The van der Waals surface area contributed by atoms with Crippen molar-refractivity contribution >= 4 is 33.7 Å². The van der Waals surface area contributed by atoms with Gasteiger partial charge >= 0.3 is 5.97 Å². The van der Waals surface area contributed by atoms with E-state index in [0.29, 0.717) is 29.4 Å². The van der Waals surface area contributed by atoms with Gasteiger partial charge in [0.15, 0.2) is 11.5 Å². The quantitative estimate of drug-likeness (QED) is 0.484. The van der Waals surface area contributed by atoms with E-state index in [9.17, 15) is 4.79 Å². The normalized spacial score (nSPS) is 14.7. The van der Waals surface area contributed by atoms with Crippen LogP contribution in [0.2, 0.25) is 0 Å². The number of cyclic esters (lactones) is 1. The van der Waals surface area contributed by atoms with Crippen LogP contribution >= 0.6 is 15.9 Å². The number of hydrogen-bond acceptors (Lipinski definition) is 5. The molecule has 0 bridgehead atoms. The lowest BCUT2D eigenvalue weighted by Crippen LogP contribution is -1.98. The first-order chi connectivity index (χ1) is 13.0. The first-order valence-electron chi connectivity index (χ1n) is 8.36. The van der Waals surface area contributed by atoms with Crippen molar-refractivity contribution in [2.75, 3.05) is 20.8 Å². The summed E-state index contributed by atoms with van der Waals surface area (Å²) in [5.74, 6) is 2.07. The number of halogens is 1. The van der Waals surface area contributed by atoms with Crippen LogP contribution in [0.25, 0.3) is 11.8 Å². The second-order valence-corrected chi connectivity index (χ2v) is 6.55. The summed E-state index contributed by atoms with van der Waals surface area (Å²) in [4.78, 5) is 12.3. The van der Waals surface area contributed by atoms with Crippen LogP contribution in [0.5, 0.6) is 17.2 Å². The van der Waals surface area contributed by atoms with Crippen molar-refractivity contribution in [1.29, 1.82) is 0 Å². The summed E-state index contributed by atoms with van der Waals surface area (Å²) in [6.07, 6.45) is 3.48. The molecule has 0 unspecified atom stereocenters. The Morgan fingerprint density at radius 3 is 2.48 bits per heavy atom. The first-order valence-corrected chi connectivity index (χ1v) is 9.15. The Morgan fingerprint density at radius 1 is 1.11 bits per heavy atom. The van der Waals surface area contributed by atoms with Gasteiger partial charge in [-0.15, -0.1) is 0 Å². The van der Waals surface area contributed by atoms with Gasteiger partial charge < -0.3 is 18.9 Å². The molecule has 1 heterocycles. The molecule has 5 nitrogen and oxygen atoms in total. The molecular formula is C21H19BrO5. The lowest BCUT2D eigenvalue weighted by molar-refractivity contribution is -0.130. The van der Waals surface area contributed by atoms with Gasteiger partial charge in [0.2, 0.25) is 0 Å². The molecule has 2 aromatic carbocycles. The van der Waals surface area contributed by atoms with E-state index in [4.69, 9.17) is 18.9 Å². The average Bonchev–Trinajstić information content (AvgIpc) is 3.04. The smallest absolute Gasteiger partial charge is 0.343 e. The molecule has 0 spiro atoms. The molecule has 0 saturated heterocycles. The molecule has 0 N–H and O–H groups in total. The summed E-state index contributed by atoms with van der Waals surface area (Å²) < 4.78 is 22.3. The maximum Gasteiger partial charge on any atom is 0.343 e. The molecule has 27 heavy (non-hydrogen) atoms. The minimum absolute atomic E-state index is 0.398. The van der Waals surface area contributed by atoms with Crippen LogP contribution in [-0.4, -0.2) is 26.8 Å². The largest absolute Gasteiger partial charge is 0.497 e. The van der Waals surface area contributed by atoms with E-state index in [0.717, 1.165) is 21.3 Å². The van der Waals surface area contributed by atoms with Crippen molar-refractivity contribution in [3.8, 4) is 17.2 Å². The highest BCUT2D eigenvalue weighted by Crippen LogP contribution is 2.38. The zero-order valence-electron chi connectivity index (χ0n) is 15.2. The summed E-state index contributed by atoms with van der Waals surface area (Å²) in [7, 11) is 3.18. The van der Waals surface area contributed by atoms with Crippen LogP contribution in [0.3, 0.4) is 0 Å². The van der Waals surface area contributed by atoms with Crippen molar-refractivity contribution < 1.29 is 23.7 Å². The van der Waals surface area contributed by atoms with Gasteiger partial charge in [-0.3, -0.25) is 0 Å². The molecule has 0 atom stereocenters. The number of methoxy groups -OCH3 is 2. The molecule has 1 aliphatic rings. The zero-order valence-corrected chi connectivity index (χ0v) is 16.8. The number of benzene rings is 2. The summed E-state index contributed by atoms with van der Waals surface area (Å²) in [6.45, 7) is 2.43. The lowest BCUT2D eigenvalue weighted by Gasteiger charge is -2.12. The Kier molecular flexibility index (Phi) is 5.86. The van der Waals surface area contributed by atoms with Crippen LogP contribution in [0.4, 0.5) is 0 Å². The van der Waals surface area contributed by atoms with E-state index in [1.54, 1.807) is 26.4 Å². The monoisotopic (exact) mass is 430 g/mol. The van der Waals surface area contributed by atoms with Crippen molar-refractivity contribution in [1.82, 2.24) is 0 Å².